The minimum atomic E-state index is 0.223. The van der Waals surface area contributed by atoms with Gasteiger partial charge in [0.15, 0.2) is 0 Å². The van der Waals surface area contributed by atoms with Crippen molar-refractivity contribution in [1.29, 1.82) is 0 Å². The lowest BCUT2D eigenvalue weighted by atomic mass is 9.86. The lowest BCUT2D eigenvalue weighted by Crippen LogP contribution is -2.10. The summed E-state index contributed by atoms with van der Waals surface area (Å²) < 4.78 is 0. The average Bonchev–Trinajstić information content (AvgIpc) is 2.41. The highest BCUT2D eigenvalue weighted by Gasteiger charge is 2.18. The van der Waals surface area contributed by atoms with Crippen molar-refractivity contribution in [2.45, 2.75) is 32.6 Å². The summed E-state index contributed by atoms with van der Waals surface area (Å²) in [6.45, 7) is 10.7. The number of rotatable bonds is 0. The molecule has 0 atom stereocenters. The summed E-state index contributed by atoms with van der Waals surface area (Å²) >= 11 is 0. The smallest absolute Gasteiger partial charge is 0.0421 e. The first-order chi connectivity index (χ1) is 6.47. The number of hydrogen-bond acceptors (Lipinski definition) is 1. The molecule has 1 aromatic carbocycles. The van der Waals surface area contributed by atoms with E-state index in [2.05, 4.69) is 50.9 Å². The Kier molecular flexibility index (Phi) is 1.91. The normalized spacial score (nSPS) is 15.2. The molecule has 0 bridgehead atoms. The zero-order valence-corrected chi connectivity index (χ0v) is 9.15. The summed E-state index contributed by atoms with van der Waals surface area (Å²) in [4.78, 5) is 0. The van der Waals surface area contributed by atoms with Gasteiger partial charge in [-0.1, -0.05) is 39.5 Å². The van der Waals surface area contributed by atoms with E-state index in [1.165, 1.54) is 16.8 Å². The molecule has 1 N–H and O–H groups in total. The summed E-state index contributed by atoms with van der Waals surface area (Å²) in [6.07, 6.45) is 0.972. The van der Waals surface area contributed by atoms with E-state index in [1.807, 2.05) is 0 Å². The Morgan fingerprint density at radius 2 is 2.00 bits per heavy atom. The molecule has 74 valence electrons. The van der Waals surface area contributed by atoms with Gasteiger partial charge in [0.25, 0.3) is 0 Å². The molecule has 1 aliphatic heterocycles. The highest BCUT2D eigenvalue weighted by atomic mass is 14.9. The predicted molar refractivity (Wildman–Crippen MR) is 61.6 cm³/mol. The van der Waals surface area contributed by atoms with Crippen LogP contribution in [0.4, 0.5) is 5.69 Å². The van der Waals surface area contributed by atoms with Gasteiger partial charge in [-0.3, -0.25) is 0 Å². The molecule has 0 radical (unpaired) electrons. The van der Waals surface area contributed by atoms with E-state index in [4.69, 9.17) is 0 Å². The van der Waals surface area contributed by atoms with Crippen molar-refractivity contribution < 1.29 is 0 Å². The summed E-state index contributed by atoms with van der Waals surface area (Å²) in [5.41, 5.74) is 5.30. The van der Waals surface area contributed by atoms with Crippen molar-refractivity contribution >= 4 is 5.69 Å². The molecular formula is C13H17N. The van der Waals surface area contributed by atoms with Crippen molar-refractivity contribution in [3.05, 3.63) is 41.6 Å². The second kappa shape index (κ2) is 2.88. The van der Waals surface area contributed by atoms with Gasteiger partial charge in [-0.25, -0.2) is 0 Å². The third kappa shape index (κ3) is 1.54. The summed E-state index contributed by atoms with van der Waals surface area (Å²) in [6, 6.07) is 6.67. The zero-order valence-electron chi connectivity index (χ0n) is 9.15. The Labute approximate surface area is 85.8 Å². The Morgan fingerprint density at radius 1 is 1.29 bits per heavy atom. The number of allylic oxidation sites excluding steroid dienone is 1. The fourth-order valence-corrected chi connectivity index (χ4v) is 1.78. The lowest BCUT2D eigenvalue weighted by molar-refractivity contribution is 0.590. The van der Waals surface area contributed by atoms with Crippen molar-refractivity contribution in [2.24, 2.45) is 0 Å². The molecule has 1 nitrogen and oxygen atoms in total. The Balaban J connectivity index is 2.43. The van der Waals surface area contributed by atoms with Crippen LogP contribution in [-0.2, 0) is 11.8 Å². The van der Waals surface area contributed by atoms with E-state index in [0.717, 1.165) is 12.1 Å². The Morgan fingerprint density at radius 3 is 2.64 bits per heavy atom. The van der Waals surface area contributed by atoms with Crippen LogP contribution in [-0.4, -0.2) is 0 Å². The number of fused-ring (bicyclic) bond motifs is 1. The monoisotopic (exact) mass is 187 g/mol. The van der Waals surface area contributed by atoms with Gasteiger partial charge in [-0.05, 0) is 22.6 Å². The lowest BCUT2D eigenvalue weighted by Gasteiger charge is -2.19. The van der Waals surface area contributed by atoms with E-state index < -0.39 is 0 Å². The molecule has 0 unspecified atom stereocenters. The van der Waals surface area contributed by atoms with Crippen LogP contribution in [0, 0.1) is 0 Å². The molecule has 0 amide bonds. The van der Waals surface area contributed by atoms with Gasteiger partial charge >= 0.3 is 0 Å². The van der Waals surface area contributed by atoms with Crippen molar-refractivity contribution in [3.8, 4) is 0 Å². The number of benzene rings is 1. The summed E-state index contributed by atoms with van der Waals surface area (Å²) in [5, 5.41) is 3.32. The van der Waals surface area contributed by atoms with Crippen LogP contribution in [0.3, 0.4) is 0 Å². The zero-order chi connectivity index (χ0) is 10.3. The fraction of sp³-hybridized carbons (Fsp3) is 0.385. The highest BCUT2D eigenvalue weighted by molar-refractivity contribution is 5.63. The first-order valence-electron chi connectivity index (χ1n) is 5.05. The number of anilines is 1. The molecule has 0 aliphatic carbocycles. The highest BCUT2D eigenvalue weighted by Crippen LogP contribution is 2.32. The molecule has 1 heteroatoms. The van der Waals surface area contributed by atoms with Crippen LogP contribution >= 0.6 is 0 Å². The molecule has 1 aliphatic rings. The number of nitrogens with one attached hydrogen (secondary N) is 1. The van der Waals surface area contributed by atoms with Crippen LogP contribution in [0.5, 0.6) is 0 Å². The van der Waals surface area contributed by atoms with Gasteiger partial charge in [-0.2, -0.15) is 0 Å². The maximum absolute atomic E-state index is 3.95. The molecular weight excluding hydrogens is 170 g/mol. The van der Waals surface area contributed by atoms with Gasteiger partial charge in [0.1, 0.15) is 0 Å². The largest absolute Gasteiger partial charge is 0.359 e. The Hall–Kier alpha value is -1.24. The molecule has 1 heterocycles. The third-order valence-corrected chi connectivity index (χ3v) is 2.69. The molecule has 0 saturated heterocycles. The second-order valence-corrected chi connectivity index (χ2v) is 5.03. The Bertz CT molecular complexity index is 383. The molecule has 1 aromatic rings. The van der Waals surface area contributed by atoms with Gasteiger partial charge in [0, 0.05) is 17.8 Å². The van der Waals surface area contributed by atoms with E-state index in [9.17, 15) is 0 Å². The molecule has 0 spiro atoms. The van der Waals surface area contributed by atoms with Gasteiger partial charge in [-0.15, -0.1) is 0 Å². The van der Waals surface area contributed by atoms with Crippen molar-refractivity contribution in [2.75, 3.05) is 5.32 Å². The van der Waals surface area contributed by atoms with Crippen molar-refractivity contribution in [3.63, 3.8) is 0 Å². The molecule has 2 rings (SSSR count). The van der Waals surface area contributed by atoms with Gasteiger partial charge in [0.2, 0.25) is 0 Å². The molecule has 0 aromatic heterocycles. The van der Waals surface area contributed by atoms with Crippen LogP contribution in [0.2, 0.25) is 0 Å². The number of hydrogen-bond donors (Lipinski definition) is 1. The minimum absolute atomic E-state index is 0.223. The summed E-state index contributed by atoms with van der Waals surface area (Å²) in [5.74, 6) is 0. The maximum Gasteiger partial charge on any atom is 0.0421 e. The van der Waals surface area contributed by atoms with E-state index in [1.54, 1.807) is 0 Å². The standard InChI is InChI=1S/C13H17N/c1-9-7-10-5-6-11(13(2,3)4)8-12(10)14-9/h5-6,8,14H,1,7H2,2-4H3. The molecule has 14 heavy (non-hydrogen) atoms. The third-order valence-electron chi connectivity index (χ3n) is 2.69. The maximum atomic E-state index is 3.95. The quantitative estimate of drug-likeness (QED) is 0.655. The molecule has 0 fully saturated rings. The van der Waals surface area contributed by atoms with Crippen LogP contribution in [0.1, 0.15) is 31.9 Å². The van der Waals surface area contributed by atoms with E-state index in [-0.39, 0.29) is 5.41 Å². The van der Waals surface area contributed by atoms with Crippen LogP contribution in [0.25, 0.3) is 0 Å². The van der Waals surface area contributed by atoms with Gasteiger partial charge < -0.3 is 5.32 Å². The fourth-order valence-electron chi connectivity index (χ4n) is 1.78. The first kappa shape index (κ1) is 9.32. The van der Waals surface area contributed by atoms with Crippen molar-refractivity contribution in [1.82, 2.24) is 0 Å². The SMILES string of the molecule is C=C1Cc2ccc(C(C)(C)C)cc2N1. The topological polar surface area (TPSA) is 12.0 Å². The molecule has 0 saturated carbocycles. The minimum Gasteiger partial charge on any atom is -0.359 e. The van der Waals surface area contributed by atoms with E-state index in [0.29, 0.717) is 0 Å². The van der Waals surface area contributed by atoms with Crippen LogP contribution in [0.15, 0.2) is 30.5 Å². The predicted octanol–water partition coefficient (Wildman–Crippen LogP) is 3.47. The van der Waals surface area contributed by atoms with Gasteiger partial charge in [0.05, 0.1) is 0 Å². The first-order valence-corrected chi connectivity index (χ1v) is 5.05. The van der Waals surface area contributed by atoms with E-state index >= 15 is 0 Å². The summed E-state index contributed by atoms with van der Waals surface area (Å²) in [7, 11) is 0. The average molecular weight is 187 g/mol. The second-order valence-electron chi connectivity index (χ2n) is 5.03. The van der Waals surface area contributed by atoms with Crippen LogP contribution < -0.4 is 5.32 Å².